The predicted molar refractivity (Wildman–Crippen MR) is 46.5 cm³/mol. The third-order valence-corrected chi connectivity index (χ3v) is 1.69. The third kappa shape index (κ3) is 3.11. The van der Waals surface area contributed by atoms with Gasteiger partial charge < -0.3 is 4.18 Å². The fourth-order valence-electron chi connectivity index (χ4n) is 0.675. The lowest BCUT2D eigenvalue weighted by Crippen LogP contribution is -1.84. The van der Waals surface area contributed by atoms with Crippen LogP contribution in [0, 0.1) is 6.92 Å². The van der Waals surface area contributed by atoms with Crippen molar-refractivity contribution in [3.8, 4) is 5.75 Å². The molecule has 0 unspecified atom stereocenters. The summed E-state index contributed by atoms with van der Waals surface area (Å²) in [6.07, 6.45) is 0. The maximum Gasteiger partial charge on any atom is 0.228 e. The molecule has 0 atom stereocenters. The molecule has 4 heteroatoms. The Morgan fingerprint density at radius 2 is 2.00 bits per heavy atom. The van der Waals surface area contributed by atoms with Crippen LogP contribution in [0.1, 0.15) is 5.56 Å². The Kier molecular flexibility index (Phi) is 3.90. The van der Waals surface area contributed by atoms with Crippen molar-refractivity contribution in [1.82, 2.24) is 0 Å². The Bertz CT molecular complexity index is 225. The fraction of sp³-hybridized carbons (Fsp3) is 0.250. The molecule has 0 spiro atoms. The van der Waals surface area contributed by atoms with Crippen molar-refractivity contribution in [1.29, 1.82) is 0 Å². The van der Waals surface area contributed by atoms with Crippen LogP contribution in [-0.2, 0) is 4.18 Å². The third-order valence-electron chi connectivity index (χ3n) is 1.24. The summed E-state index contributed by atoms with van der Waals surface area (Å²) in [6.45, 7) is 1.13. The van der Waals surface area contributed by atoms with E-state index in [-0.39, 0.29) is 0 Å². The van der Waals surface area contributed by atoms with Crippen LogP contribution in [0.15, 0.2) is 24.3 Å². The molecule has 0 amide bonds. The second kappa shape index (κ2) is 5.00. The van der Waals surface area contributed by atoms with E-state index < -0.39 is 6.86 Å². The van der Waals surface area contributed by atoms with Gasteiger partial charge in [0.25, 0.3) is 0 Å². The fourth-order valence-corrected chi connectivity index (χ4v) is 0.950. The minimum atomic E-state index is -0.851. The Labute approximate surface area is 75.1 Å². The minimum absolute atomic E-state index is 0.637. The zero-order valence-electron chi connectivity index (χ0n) is 6.62. The summed E-state index contributed by atoms with van der Waals surface area (Å²) < 4.78 is 20.7. The standard InChI is InChI=1S/C8H9FO2S/c1-7-2-4-8(5-3-7)11-12-10-6-9/h2-5H,6H2,1H3. The van der Waals surface area contributed by atoms with Crippen molar-refractivity contribution in [2.75, 3.05) is 6.86 Å². The van der Waals surface area contributed by atoms with Gasteiger partial charge >= 0.3 is 0 Å². The first-order valence-corrected chi connectivity index (χ1v) is 4.08. The van der Waals surface area contributed by atoms with Crippen LogP contribution in [0.4, 0.5) is 4.39 Å². The van der Waals surface area contributed by atoms with E-state index in [9.17, 15) is 4.39 Å². The van der Waals surface area contributed by atoms with Crippen molar-refractivity contribution in [3.05, 3.63) is 29.8 Å². The molecule has 12 heavy (non-hydrogen) atoms. The highest BCUT2D eigenvalue weighted by molar-refractivity contribution is 7.90. The van der Waals surface area contributed by atoms with E-state index in [1.54, 1.807) is 12.1 Å². The van der Waals surface area contributed by atoms with Crippen LogP contribution in [-0.4, -0.2) is 6.86 Å². The van der Waals surface area contributed by atoms with E-state index >= 15 is 0 Å². The first kappa shape index (κ1) is 9.35. The van der Waals surface area contributed by atoms with E-state index in [1.165, 1.54) is 0 Å². The van der Waals surface area contributed by atoms with Gasteiger partial charge in [0.2, 0.25) is 19.2 Å². The number of aryl methyl sites for hydroxylation is 1. The maximum absolute atomic E-state index is 11.4. The molecule has 1 rings (SSSR count). The van der Waals surface area contributed by atoms with Gasteiger partial charge in [-0.1, -0.05) is 17.7 Å². The molecule has 1 aromatic rings. The Morgan fingerprint density at radius 3 is 2.58 bits per heavy atom. The monoisotopic (exact) mass is 188 g/mol. The van der Waals surface area contributed by atoms with E-state index in [0.717, 1.165) is 5.56 Å². The maximum atomic E-state index is 11.4. The van der Waals surface area contributed by atoms with E-state index in [0.29, 0.717) is 18.1 Å². The zero-order chi connectivity index (χ0) is 8.81. The molecule has 0 N–H and O–H groups in total. The van der Waals surface area contributed by atoms with Crippen molar-refractivity contribution >= 4 is 12.3 Å². The molecule has 0 bridgehead atoms. The lowest BCUT2D eigenvalue weighted by atomic mass is 10.2. The first-order chi connectivity index (χ1) is 5.83. The zero-order valence-corrected chi connectivity index (χ0v) is 7.44. The minimum Gasteiger partial charge on any atom is -0.400 e. The normalized spacial score (nSPS) is 9.83. The molecule has 1 aromatic carbocycles. The average molecular weight is 188 g/mol. The largest absolute Gasteiger partial charge is 0.400 e. The number of hydrogen-bond acceptors (Lipinski definition) is 3. The molecular weight excluding hydrogens is 179 g/mol. The molecule has 0 saturated heterocycles. The van der Waals surface area contributed by atoms with Crippen LogP contribution >= 0.6 is 12.3 Å². The number of hydrogen-bond donors (Lipinski definition) is 0. The number of halogens is 1. The molecule has 0 aliphatic rings. The van der Waals surface area contributed by atoms with Crippen LogP contribution < -0.4 is 4.18 Å². The molecule has 0 aromatic heterocycles. The van der Waals surface area contributed by atoms with Crippen molar-refractivity contribution in [2.45, 2.75) is 6.92 Å². The highest BCUT2D eigenvalue weighted by Gasteiger charge is 1.93. The summed E-state index contributed by atoms with van der Waals surface area (Å²) in [6, 6.07) is 7.41. The number of alkyl halides is 1. The van der Waals surface area contributed by atoms with Gasteiger partial charge in [0, 0.05) is 0 Å². The van der Waals surface area contributed by atoms with Crippen LogP contribution in [0.25, 0.3) is 0 Å². The summed E-state index contributed by atoms with van der Waals surface area (Å²) in [5.41, 5.74) is 1.15. The second-order valence-electron chi connectivity index (χ2n) is 2.19. The van der Waals surface area contributed by atoms with Gasteiger partial charge in [-0.3, -0.25) is 0 Å². The van der Waals surface area contributed by atoms with Crippen LogP contribution in [0.2, 0.25) is 0 Å². The van der Waals surface area contributed by atoms with E-state index in [4.69, 9.17) is 4.18 Å². The van der Waals surface area contributed by atoms with Gasteiger partial charge in [-0.05, 0) is 19.1 Å². The van der Waals surface area contributed by atoms with Crippen molar-refractivity contribution in [2.24, 2.45) is 0 Å². The highest BCUT2D eigenvalue weighted by Crippen LogP contribution is 2.17. The Hall–Kier alpha value is -0.740. The second-order valence-corrected chi connectivity index (χ2v) is 2.73. The van der Waals surface area contributed by atoms with Gasteiger partial charge in [0.15, 0.2) is 0 Å². The van der Waals surface area contributed by atoms with Crippen molar-refractivity contribution in [3.63, 3.8) is 0 Å². The van der Waals surface area contributed by atoms with Crippen LogP contribution in [0.5, 0.6) is 5.75 Å². The summed E-state index contributed by atoms with van der Waals surface area (Å²) in [4.78, 5) is 0. The molecule has 0 aliphatic heterocycles. The Morgan fingerprint density at radius 1 is 1.33 bits per heavy atom. The molecule has 2 nitrogen and oxygen atoms in total. The lowest BCUT2D eigenvalue weighted by Gasteiger charge is -2.00. The quantitative estimate of drug-likeness (QED) is 0.534. The van der Waals surface area contributed by atoms with Gasteiger partial charge in [0.1, 0.15) is 5.75 Å². The van der Waals surface area contributed by atoms with Gasteiger partial charge in [-0.15, -0.1) is 0 Å². The lowest BCUT2D eigenvalue weighted by molar-refractivity contribution is 0.213. The SMILES string of the molecule is Cc1ccc(OSOCF)cc1. The summed E-state index contributed by atoms with van der Waals surface area (Å²) in [5.74, 6) is 0.652. The van der Waals surface area contributed by atoms with Gasteiger partial charge in [-0.2, -0.15) is 0 Å². The Balaban J connectivity index is 2.37. The van der Waals surface area contributed by atoms with Crippen molar-refractivity contribution < 1.29 is 12.8 Å². The first-order valence-electron chi connectivity index (χ1n) is 3.41. The van der Waals surface area contributed by atoms with E-state index in [2.05, 4.69) is 4.18 Å². The summed E-state index contributed by atoms with van der Waals surface area (Å²) >= 11 is 0.637. The highest BCUT2D eigenvalue weighted by atomic mass is 32.2. The molecule has 0 fully saturated rings. The van der Waals surface area contributed by atoms with E-state index in [1.807, 2.05) is 19.1 Å². The number of rotatable bonds is 4. The topological polar surface area (TPSA) is 18.5 Å². The van der Waals surface area contributed by atoms with Gasteiger partial charge in [-0.25, -0.2) is 8.57 Å². The van der Waals surface area contributed by atoms with Crippen LogP contribution in [0.3, 0.4) is 0 Å². The summed E-state index contributed by atoms with van der Waals surface area (Å²) in [7, 11) is 0. The molecule has 0 heterocycles. The average Bonchev–Trinajstić information content (AvgIpc) is 2.09. The smallest absolute Gasteiger partial charge is 0.228 e. The molecular formula is C8H9FO2S. The molecule has 0 saturated carbocycles. The predicted octanol–water partition coefficient (Wildman–Crippen LogP) is 2.88. The molecule has 66 valence electrons. The van der Waals surface area contributed by atoms with Gasteiger partial charge in [0.05, 0.1) is 0 Å². The number of benzene rings is 1. The molecule has 0 aliphatic carbocycles. The molecule has 0 radical (unpaired) electrons. The summed E-state index contributed by atoms with van der Waals surface area (Å²) in [5, 5.41) is 0.